The summed E-state index contributed by atoms with van der Waals surface area (Å²) in [4.78, 5) is 24.0. The van der Waals surface area contributed by atoms with Gasteiger partial charge in [0.2, 0.25) is 11.8 Å². The Morgan fingerprint density at radius 2 is 1.50 bits per heavy atom. The van der Waals surface area contributed by atoms with Crippen molar-refractivity contribution in [2.75, 3.05) is 5.32 Å². The zero-order chi connectivity index (χ0) is 18.2. The van der Waals surface area contributed by atoms with Crippen LogP contribution in [0.1, 0.15) is 38.5 Å². The fourth-order valence-corrected chi connectivity index (χ4v) is 3.11. The average molecular weight is 352 g/mol. The van der Waals surface area contributed by atoms with Gasteiger partial charge in [-0.25, -0.2) is 0 Å². The standard InChI is InChI=1S/C21H24N2O3/c24-20(22-16-7-3-1-4-8-16)15-21(25)23-17-11-13-19(14-12-17)26-18-9-5-2-6-10-18/h2,5-6,9-14,16H,1,3-4,7-8,15H2,(H,22,24)(H,23,25). The topological polar surface area (TPSA) is 67.4 Å². The second kappa shape index (κ2) is 9.04. The van der Waals surface area contributed by atoms with Gasteiger partial charge in [0.25, 0.3) is 0 Å². The quantitative estimate of drug-likeness (QED) is 0.764. The van der Waals surface area contributed by atoms with Crippen LogP contribution in [-0.2, 0) is 9.59 Å². The van der Waals surface area contributed by atoms with Gasteiger partial charge in [0.05, 0.1) is 0 Å². The number of hydrogen-bond acceptors (Lipinski definition) is 3. The minimum Gasteiger partial charge on any atom is -0.457 e. The van der Waals surface area contributed by atoms with Crippen LogP contribution in [0.25, 0.3) is 0 Å². The summed E-state index contributed by atoms with van der Waals surface area (Å²) >= 11 is 0. The molecule has 0 unspecified atom stereocenters. The molecule has 2 N–H and O–H groups in total. The van der Waals surface area contributed by atoms with Crippen LogP contribution in [0.5, 0.6) is 11.5 Å². The summed E-state index contributed by atoms with van der Waals surface area (Å²) in [5, 5.41) is 5.70. The molecule has 2 aromatic rings. The minimum absolute atomic E-state index is 0.154. The molecule has 0 atom stereocenters. The van der Waals surface area contributed by atoms with Gasteiger partial charge in [-0.3, -0.25) is 9.59 Å². The maximum Gasteiger partial charge on any atom is 0.233 e. The smallest absolute Gasteiger partial charge is 0.233 e. The van der Waals surface area contributed by atoms with Gasteiger partial charge >= 0.3 is 0 Å². The molecule has 1 aliphatic carbocycles. The highest BCUT2D eigenvalue weighted by molar-refractivity contribution is 6.03. The van der Waals surface area contributed by atoms with E-state index < -0.39 is 0 Å². The number of benzene rings is 2. The van der Waals surface area contributed by atoms with E-state index in [1.165, 1.54) is 6.42 Å². The van der Waals surface area contributed by atoms with Crippen LogP contribution in [-0.4, -0.2) is 17.9 Å². The zero-order valence-corrected chi connectivity index (χ0v) is 14.7. The molecule has 1 saturated carbocycles. The lowest BCUT2D eigenvalue weighted by molar-refractivity contribution is -0.127. The van der Waals surface area contributed by atoms with E-state index in [9.17, 15) is 9.59 Å². The van der Waals surface area contributed by atoms with Crippen LogP contribution >= 0.6 is 0 Å². The Hall–Kier alpha value is -2.82. The molecule has 136 valence electrons. The van der Waals surface area contributed by atoms with E-state index >= 15 is 0 Å². The Kier molecular flexibility index (Phi) is 6.25. The van der Waals surface area contributed by atoms with E-state index in [1.54, 1.807) is 24.3 Å². The molecule has 5 heteroatoms. The van der Waals surface area contributed by atoms with E-state index in [4.69, 9.17) is 4.74 Å². The van der Waals surface area contributed by atoms with E-state index in [0.29, 0.717) is 11.4 Å². The van der Waals surface area contributed by atoms with Crippen molar-refractivity contribution >= 4 is 17.5 Å². The first-order valence-electron chi connectivity index (χ1n) is 9.11. The van der Waals surface area contributed by atoms with Crippen molar-refractivity contribution in [2.24, 2.45) is 0 Å². The lowest BCUT2D eigenvalue weighted by atomic mass is 9.95. The number of rotatable bonds is 6. The van der Waals surface area contributed by atoms with E-state index in [0.717, 1.165) is 31.4 Å². The Bertz CT molecular complexity index is 723. The summed E-state index contributed by atoms with van der Waals surface area (Å²) < 4.78 is 5.71. The van der Waals surface area contributed by atoms with Crippen LogP contribution < -0.4 is 15.4 Å². The summed E-state index contributed by atoms with van der Waals surface area (Å²) in [6.07, 6.45) is 5.39. The fourth-order valence-electron chi connectivity index (χ4n) is 3.11. The number of hydrogen-bond donors (Lipinski definition) is 2. The maximum absolute atomic E-state index is 12.0. The summed E-state index contributed by atoms with van der Waals surface area (Å²) in [6.45, 7) is 0. The number of carbonyl (C=O) groups is 2. The monoisotopic (exact) mass is 352 g/mol. The molecule has 0 saturated heterocycles. The molecule has 0 aliphatic heterocycles. The van der Waals surface area contributed by atoms with E-state index in [1.807, 2.05) is 30.3 Å². The highest BCUT2D eigenvalue weighted by Gasteiger charge is 2.17. The summed E-state index contributed by atoms with van der Waals surface area (Å²) in [5.74, 6) is 0.918. The van der Waals surface area contributed by atoms with Crippen molar-refractivity contribution in [3.05, 3.63) is 54.6 Å². The van der Waals surface area contributed by atoms with Gasteiger partial charge in [-0.2, -0.15) is 0 Å². The summed E-state index contributed by atoms with van der Waals surface area (Å²) in [7, 11) is 0. The molecular weight excluding hydrogens is 328 g/mol. The predicted octanol–water partition coefficient (Wildman–Crippen LogP) is 4.26. The molecule has 1 fully saturated rings. The second-order valence-corrected chi connectivity index (χ2v) is 6.57. The second-order valence-electron chi connectivity index (χ2n) is 6.57. The van der Waals surface area contributed by atoms with Crippen LogP contribution in [0.4, 0.5) is 5.69 Å². The van der Waals surface area contributed by atoms with Gasteiger partial charge in [-0.1, -0.05) is 37.5 Å². The first-order chi connectivity index (χ1) is 12.7. The first kappa shape index (κ1) is 18.0. The van der Waals surface area contributed by atoms with Gasteiger partial charge in [-0.15, -0.1) is 0 Å². The molecule has 2 aromatic carbocycles. The predicted molar refractivity (Wildman–Crippen MR) is 101 cm³/mol. The Morgan fingerprint density at radius 1 is 0.846 bits per heavy atom. The van der Waals surface area contributed by atoms with Crippen molar-refractivity contribution in [3.8, 4) is 11.5 Å². The first-order valence-corrected chi connectivity index (χ1v) is 9.11. The molecule has 0 aromatic heterocycles. The Labute approximate surface area is 153 Å². The van der Waals surface area contributed by atoms with Gasteiger partial charge in [0, 0.05) is 11.7 Å². The normalized spacial score (nSPS) is 14.5. The van der Waals surface area contributed by atoms with Crippen LogP contribution in [0.3, 0.4) is 0 Å². The minimum atomic E-state index is -0.310. The van der Waals surface area contributed by atoms with Crippen LogP contribution in [0.15, 0.2) is 54.6 Å². The molecule has 26 heavy (non-hydrogen) atoms. The zero-order valence-electron chi connectivity index (χ0n) is 14.7. The largest absolute Gasteiger partial charge is 0.457 e. The molecule has 0 bridgehead atoms. The lowest BCUT2D eigenvalue weighted by Crippen LogP contribution is -2.37. The SMILES string of the molecule is O=C(CC(=O)NC1CCCCC1)Nc1ccc(Oc2ccccc2)cc1. The van der Waals surface area contributed by atoms with Gasteiger partial charge in [0.1, 0.15) is 17.9 Å². The van der Waals surface area contributed by atoms with E-state index in [2.05, 4.69) is 10.6 Å². The third-order valence-electron chi connectivity index (χ3n) is 4.41. The van der Waals surface area contributed by atoms with Crippen molar-refractivity contribution in [2.45, 2.75) is 44.6 Å². The third-order valence-corrected chi connectivity index (χ3v) is 4.41. The molecule has 1 aliphatic rings. The number of para-hydroxylation sites is 1. The summed E-state index contributed by atoms with van der Waals surface area (Å²) in [6, 6.07) is 16.8. The average Bonchev–Trinajstić information content (AvgIpc) is 2.65. The third kappa shape index (κ3) is 5.62. The number of carbonyl (C=O) groups excluding carboxylic acids is 2. The van der Waals surface area contributed by atoms with Gasteiger partial charge < -0.3 is 15.4 Å². The highest BCUT2D eigenvalue weighted by Crippen LogP contribution is 2.22. The number of ether oxygens (including phenoxy) is 1. The molecule has 5 nitrogen and oxygen atoms in total. The Morgan fingerprint density at radius 3 is 2.19 bits per heavy atom. The van der Waals surface area contributed by atoms with Gasteiger partial charge in [0.15, 0.2) is 0 Å². The number of anilines is 1. The van der Waals surface area contributed by atoms with Crippen LogP contribution in [0.2, 0.25) is 0 Å². The number of amides is 2. The lowest BCUT2D eigenvalue weighted by Gasteiger charge is -2.22. The van der Waals surface area contributed by atoms with E-state index in [-0.39, 0.29) is 24.3 Å². The molecular formula is C21H24N2O3. The van der Waals surface area contributed by atoms with Crippen molar-refractivity contribution in [1.29, 1.82) is 0 Å². The fraction of sp³-hybridized carbons (Fsp3) is 0.333. The number of nitrogens with one attached hydrogen (secondary N) is 2. The summed E-state index contributed by atoms with van der Waals surface area (Å²) in [5.41, 5.74) is 0.640. The van der Waals surface area contributed by atoms with Crippen LogP contribution in [0, 0.1) is 0 Å². The van der Waals surface area contributed by atoms with Gasteiger partial charge in [-0.05, 0) is 49.2 Å². The van der Waals surface area contributed by atoms with Crippen molar-refractivity contribution in [3.63, 3.8) is 0 Å². The highest BCUT2D eigenvalue weighted by atomic mass is 16.5. The molecule has 2 amide bonds. The molecule has 0 spiro atoms. The molecule has 0 radical (unpaired) electrons. The molecule has 0 heterocycles. The van der Waals surface area contributed by atoms with Crippen molar-refractivity contribution in [1.82, 2.24) is 5.32 Å². The maximum atomic E-state index is 12.0. The molecule has 3 rings (SSSR count). The van der Waals surface area contributed by atoms with Crippen molar-refractivity contribution < 1.29 is 14.3 Å². The Balaban J connectivity index is 1.45.